The van der Waals surface area contributed by atoms with E-state index >= 15 is 0 Å². The molecule has 0 heterocycles. The van der Waals surface area contributed by atoms with Crippen molar-refractivity contribution in [3.05, 3.63) is 0 Å². The van der Waals surface area contributed by atoms with Crippen LogP contribution in [0.5, 0.6) is 0 Å². The Kier molecular flexibility index (Phi) is 22.8. The molecule has 0 saturated heterocycles. The molecule has 0 aromatic heterocycles. The molecule has 0 saturated carbocycles. The molecule has 15 heteroatoms. The van der Waals surface area contributed by atoms with Crippen molar-refractivity contribution in [2.24, 2.45) is 0 Å². The second-order valence-electron chi connectivity index (χ2n) is 5.29. The Labute approximate surface area is 204 Å². The Hall–Kier alpha value is 0.130. The molecule has 0 radical (unpaired) electrons. The van der Waals surface area contributed by atoms with Gasteiger partial charge in [-0.15, -0.1) is 0 Å². The van der Waals surface area contributed by atoms with Crippen LogP contribution in [0.1, 0.15) is 12.8 Å². The fourth-order valence-electron chi connectivity index (χ4n) is 1.59. The zero-order valence-corrected chi connectivity index (χ0v) is 19.8. The van der Waals surface area contributed by atoms with Gasteiger partial charge in [0.25, 0.3) is 0 Å². The zero-order chi connectivity index (χ0) is 21.1. The Morgan fingerprint density at radius 2 is 1.39 bits per heavy atom. The molecule has 0 aliphatic rings. The van der Waals surface area contributed by atoms with Gasteiger partial charge < -0.3 is 60.9 Å². The van der Waals surface area contributed by atoms with Gasteiger partial charge in [-0.05, 0) is 7.05 Å². The summed E-state index contributed by atoms with van der Waals surface area (Å²) in [6.07, 6.45) is -8.21. The van der Waals surface area contributed by atoms with E-state index in [4.69, 9.17) is 30.6 Å². The predicted molar refractivity (Wildman–Crippen MR) is 76.9 cm³/mol. The Morgan fingerprint density at radius 1 is 0.964 bits per heavy atom. The number of likely N-dealkylation sites (N-methyl/N-ethyl adjacent to an activating group) is 1. The Bertz CT molecular complexity index is 451. The number of nitrogens with one attached hydrogen (secondary N) is 1. The van der Waals surface area contributed by atoms with E-state index in [1.54, 1.807) is 7.05 Å². The number of hydrogen-bond donors (Lipinski definition) is 8. The molecule has 0 aliphatic heterocycles. The van der Waals surface area contributed by atoms with Crippen LogP contribution < -0.4 is 74.6 Å². The van der Waals surface area contributed by atoms with E-state index in [0.717, 1.165) is 0 Å². The molecular formula is C13H23NNa2O12. The number of aliphatic hydroxyl groups excluding tert-OH is 5. The van der Waals surface area contributed by atoms with Gasteiger partial charge in [-0.1, -0.05) is 0 Å². The van der Waals surface area contributed by atoms with Crippen LogP contribution in [-0.4, -0.2) is 104 Å². The molecule has 0 amide bonds. The minimum atomic E-state index is -2.91. The van der Waals surface area contributed by atoms with Crippen molar-refractivity contribution in [1.29, 1.82) is 0 Å². The quantitative estimate of drug-likeness (QED) is 0.142. The fraction of sp³-hybridized carbons (Fsp3) is 0.769. The summed E-state index contributed by atoms with van der Waals surface area (Å²) in [5.74, 6) is -5.67. The number of carbonyl (C=O) groups excluding carboxylic acids is 2. The third-order valence-electron chi connectivity index (χ3n) is 3.00. The topological polar surface area (TPSA) is 251 Å². The van der Waals surface area contributed by atoms with Crippen LogP contribution in [0.4, 0.5) is 0 Å². The van der Waals surface area contributed by atoms with Gasteiger partial charge in [0, 0.05) is 18.9 Å². The first-order valence-electron chi connectivity index (χ1n) is 7.15. The molecule has 8 N–H and O–H groups in total. The Balaban J connectivity index is -0.000000192. The number of carboxylic acids is 3. The first kappa shape index (κ1) is 35.6. The molecule has 0 fully saturated rings. The number of aliphatic carboxylic acids is 3. The summed E-state index contributed by atoms with van der Waals surface area (Å²) in [7, 11) is 1.57. The molecule has 1 unspecified atom stereocenters. The smallest absolute Gasteiger partial charge is 0.550 e. The van der Waals surface area contributed by atoms with Gasteiger partial charge in [-0.2, -0.15) is 0 Å². The first-order chi connectivity index (χ1) is 11.8. The Morgan fingerprint density at radius 3 is 1.68 bits per heavy atom. The summed E-state index contributed by atoms with van der Waals surface area (Å²) in [5.41, 5.74) is -2.91. The maximum absolute atomic E-state index is 10.2. The summed E-state index contributed by atoms with van der Waals surface area (Å²) in [4.78, 5) is 30.2. The van der Waals surface area contributed by atoms with E-state index in [1.807, 2.05) is 0 Å². The van der Waals surface area contributed by atoms with Crippen LogP contribution in [0, 0.1) is 0 Å². The van der Waals surface area contributed by atoms with Gasteiger partial charge in [-0.3, -0.25) is 4.79 Å². The second-order valence-corrected chi connectivity index (χ2v) is 5.29. The van der Waals surface area contributed by atoms with Gasteiger partial charge in [0.1, 0.15) is 23.9 Å². The molecule has 28 heavy (non-hydrogen) atoms. The summed E-state index contributed by atoms with van der Waals surface area (Å²) >= 11 is 0. The van der Waals surface area contributed by atoms with Crippen LogP contribution in [0.15, 0.2) is 0 Å². The summed E-state index contributed by atoms with van der Waals surface area (Å²) in [6, 6.07) is 0. The summed E-state index contributed by atoms with van der Waals surface area (Å²) < 4.78 is 0. The third-order valence-corrected chi connectivity index (χ3v) is 3.00. The van der Waals surface area contributed by atoms with Crippen molar-refractivity contribution in [2.45, 2.75) is 42.9 Å². The molecule has 154 valence electrons. The van der Waals surface area contributed by atoms with E-state index in [1.165, 1.54) is 0 Å². The van der Waals surface area contributed by atoms with Crippen LogP contribution in [0.3, 0.4) is 0 Å². The molecule has 0 bridgehead atoms. The fourth-order valence-corrected chi connectivity index (χ4v) is 1.59. The molecule has 5 atom stereocenters. The zero-order valence-electron chi connectivity index (χ0n) is 15.8. The number of hydrogen-bond acceptors (Lipinski definition) is 12. The molecule has 0 spiro atoms. The average Bonchev–Trinajstić information content (AvgIpc) is 2.51. The van der Waals surface area contributed by atoms with Crippen LogP contribution in [-0.2, 0) is 14.4 Å². The number of carbonyl (C=O) groups is 3. The molecule has 0 aromatic carbocycles. The van der Waals surface area contributed by atoms with Crippen molar-refractivity contribution in [3.63, 3.8) is 0 Å². The molecule has 13 nitrogen and oxygen atoms in total. The van der Waals surface area contributed by atoms with Gasteiger partial charge in [-0.25, -0.2) is 0 Å². The maximum atomic E-state index is 10.2. The molecular weight excluding hydrogens is 408 g/mol. The second kappa shape index (κ2) is 17.9. The minimum Gasteiger partial charge on any atom is -0.550 e. The van der Waals surface area contributed by atoms with Crippen molar-refractivity contribution in [3.8, 4) is 0 Å². The summed E-state index contributed by atoms with van der Waals surface area (Å²) in [6.45, 7) is -0.569. The number of rotatable bonds is 11. The van der Waals surface area contributed by atoms with Gasteiger partial charge >= 0.3 is 65.1 Å². The standard InChI is InChI=1S/C7H17NO5.C6H8O7.2Na/c1-8-2-4(10)6(12)7(13)5(11)3-9;7-3(8)1-6(13,5(11)12)2-4(9)10;;/h4-13H,2-3H2,1H3;13H,1-2H2,(H,7,8)(H,9,10)(H,11,12);;/q;;2*+1/p-2/t4-,5+,6+,7+;;;/m0.../s1. The van der Waals surface area contributed by atoms with Crippen molar-refractivity contribution in [2.75, 3.05) is 20.2 Å². The normalized spacial score (nSPS) is 16.4. The average molecular weight is 431 g/mol. The van der Waals surface area contributed by atoms with Crippen molar-refractivity contribution < 1.29 is 119 Å². The van der Waals surface area contributed by atoms with E-state index in [0.29, 0.717) is 0 Å². The molecule has 0 rings (SSSR count). The van der Waals surface area contributed by atoms with Gasteiger partial charge in [0.2, 0.25) is 0 Å². The molecule has 0 aliphatic carbocycles. The third kappa shape index (κ3) is 15.0. The van der Waals surface area contributed by atoms with Crippen LogP contribution in [0.25, 0.3) is 0 Å². The van der Waals surface area contributed by atoms with E-state index in [2.05, 4.69) is 5.32 Å². The predicted octanol–water partition coefficient (Wildman–Crippen LogP) is -13.3. The van der Waals surface area contributed by atoms with Crippen LogP contribution >= 0.6 is 0 Å². The minimum absolute atomic E-state index is 0. The van der Waals surface area contributed by atoms with Crippen LogP contribution in [0.2, 0.25) is 0 Å². The van der Waals surface area contributed by atoms with E-state index < -0.39 is 67.4 Å². The maximum Gasteiger partial charge on any atom is 1.00 e. The van der Waals surface area contributed by atoms with Crippen molar-refractivity contribution in [1.82, 2.24) is 5.32 Å². The van der Waals surface area contributed by atoms with E-state index in [-0.39, 0.29) is 65.7 Å². The van der Waals surface area contributed by atoms with Gasteiger partial charge in [0.15, 0.2) is 0 Å². The largest absolute Gasteiger partial charge is 1.00 e. The summed E-state index contributed by atoms with van der Waals surface area (Å²) in [5, 5.41) is 84.7. The number of carboxylic acid groups (broad SMARTS) is 3. The number of aliphatic hydroxyl groups is 6. The first-order valence-corrected chi connectivity index (χ1v) is 7.15. The monoisotopic (exact) mass is 431 g/mol. The molecule has 0 aromatic rings. The van der Waals surface area contributed by atoms with E-state index in [9.17, 15) is 29.7 Å². The SMILES string of the molecule is CNC[C@H](O)[C@@H](O)[C@H](O)[C@H](O)CO.O=C([O-])CC(O)(CC(=O)O)C(=O)[O-].[Na+].[Na+]. The van der Waals surface area contributed by atoms with Gasteiger partial charge in [0.05, 0.1) is 25.1 Å². The van der Waals surface area contributed by atoms with Crippen molar-refractivity contribution >= 4 is 17.9 Å².